The van der Waals surface area contributed by atoms with E-state index >= 15 is 0 Å². The molecular weight excluding hydrogens is 372 g/mol. The van der Waals surface area contributed by atoms with Crippen LogP contribution in [0.1, 0.15) is 0 Å². The minimum Gasteiger partial charge on any atom is -0.508 e. The topological polar surface area (TPSA) is 91.7 Å². The van der Waals surface area contributed by atoms with Crippen LogP contribution in [0.3, 0.4) is 0 Å². The number of benzene rings is 3. The number of phenolic OH excluding ortho intramolecular Hbond substituents is 1. The van der Waals surface area contributed by atoms with Crippen molar-refractivity contribution in [2.24, 2.45) is 0 Å². The van der Waals surface area contributed by atoms with Crippen LogP contribution in [-0.2, 0) is 10.1 Å². The predicted octanol–water partition coefficient (Wildman–Crippen LogP) is 3.99. The summed E-state index contributed by atoms with van der Waals surface area (Å²) in [6.07, 6.45) is 0. The maximum atomic E-state index is 11.9. The zero-order valence-electron chi connectivity index (χ0n) is 13.2. The van der Waals surface area contributed by atoms with Crippen molar-refractivity contribution in [1.29, 1.82) is 0 Å². The molecule has 0 fully saturated rings. The molecule has 2 aliphatic rings. The highest BCUT2D eigenvalue weighted by Crippen LogP contribution is 2.45. The van der Waals surface area contributed by atoms with Crippen molar-refractivity contribution < 1.29 is 18.1 Å². The average molecular weight is 384 g/mol. The summed E-state index contributed by atoms with van der Waals surface area (Å²) in [7, 11) is -4.44. The first kappa shape index (κ1) is 16.7. The van der Waals surface area contributed by atoms with E-state index in [1.165, 1.54) is 41.7 Å². The Balaban J connectivity index is 2.24. The number of hydrogen-bond acceptors (Lipinski definition) is 5. The van der Waals surface area contributed by atoms with Gasteiger partial charge >= 0.3 is 0 Å². The number of rotatable bonds is 2. The molecule has 0 bridgehead atoms. The van der Waals surface area contributed by atoms with Crippen LogP contribution in [0.5, 0.6) is 5.75 Å². The molecule has 130 valence electrons. The fraction of sp³-hybridized carbons (Fsp3) is 0. The van der Waals surface area contributed by atoms with Crippen LogP contribution in [0.25, 0.3) is 31.7 Å². The SMILES string of the molecule is O=c1ccc2c(-c3ccccc3S(=O)(=O)O)c3ccc(O)cc3sc-2c1. The summed E-state index contributed by atoms with van der Waals surface area (Å²) in [6, 6.07) is 15.5. The Hall–Kier alpha value is -2.74. The summed E-state index contributed by atoms with van der Waals surface area (Å²) in [6.45, 7) is 0. The Morgan fingerprint density at radius 3 is 2.42 bits per heavy atom. The minimum atomic E-state index is -4.44. The van der Waals surface area contributed by atoms with E-state index in [0.717, 1.165) is 5.39 Å². The van der Waals surface area contributed by atoms with Crippen LogP contribution in [0.2, 0.25) is 0 Å². The molecule has 2 aromatic carbocycles. The molecule has 0 unspecified atom stereocenters. The van der Waals surface area contributed by atoms with E-state index in [4.69, 9.17) is 0 Å². The zero-order chi connectivity index (χ0) is 18.5. The van der Waals surface area contributed by atoms with Crippen molar-refractivity contribution in [3.05, 3.63) is 70.9 Å². The third-order valence-electron chi connectivity index (χ3n) is 4.11. The van der Waals surface area contributed by atoms with Crippen LogP contribution in [0.4, 0.5) is 0 Å². The molecule has 26 heavy (non-hydrogen) atoms. The maximum absolute atomic E-state index is 11.9. The molecule has 2 aromatic rings. The van der Waals surface area contributed by atoms with Gasteiger partial charge < -0.3 is 5.11 Å². The fourth-order valence-corrected chi connectivity index (χ4v) is 4.90. The van der Waals surface area contributed by atoms with E-state index in [-0.39, 0.29) is 16.1 Å². The molecule has 0 saturated heterocycles. The van der Waals surface area contributed by atoms with Crippen LogP contribution < -0.4 is 5.43 Å². The molecule has 0 saturated carbocycles. The number of hydrogen-bond donors (Lipinski definition) is 2. The van der Waals surface area contributed by atoms with E-state index in [1.54, 1.807) is 30.3 Å². The molecule has 5 nitrogen and oxygen atoms in total. The molecule has 2 N–H and O–H groups in total. The second kappa shape index (κ2) is 5.91. The Labute approximate surface area is 152 Å². The molecule has 0 amide bonds. The van der Waals surface area contributed by atoms with E-state index in [9.17, 15) is 22.9 Å². The van der Waals surface area contributed by atoms with Crippen LogP contribution in [0, 0.1) is 0 Å². The maximum Gasteiger partial charge on any atom is 0.295 e. The first-order chi connectivity index (χ1) is 12.3. The van der Waals surface area contributed by atoms with Gasteiger partial charge in [0, 0.05) is 37.7 Å². The molecule has 1 heterocycles. The van der Waals surface area contributed by atoms with Gasteiger partial charge in [0.15, 0.2) is 5.43 Å². The van der Waals surface area contributed by atoms with Crippen molar-refractivity contribution in [3.8, 4) is 27.3 Å². The lowest BCUT2D eigenvalue weighted by molar-refractivity contribution is 0.476. The molecule has 0 radical (unpaired) electrons. The molecule has 1 aliphatic heterocycles. The van der Waals surface area contributed by atoms with Gasteiger partial charge in [-0.05, 0) is 36.4 Å². The molecule has 1 aliphatic carbocycles. The Bertz CT molecular complexity index is 1290. The van der Waals surface area contributed by atoms with Crippen LogP contribution >= 0.6 is 11.3 Å². The lowest BCUT2D eigenvalue weighted by Gasteiger charge is -2.17. The lowest BCUT2D eigenvalue weighted by Crippen LogP contribution is -2.03. The smallest absolute Gasteiger partial charge is 0.295 e. The predicted molar refractivity (Wildman–Crippen MR) is 102 cm³/mol. The molecule has 0 aromatic heterocycles. The Kier molecular flexibility index (Phi) is 3.80. The fourth-order valence-electron chi connectivity index (χ4n) is 3.05. The molecule has 4 rings (SSSR count). The highest BCUT2D eigenvalue weighted by atomic mass is 32.2. The number of phenols is 1. The summed E-state index contributed by atoms with van der Waals surface area (Å²) in [5.74, 6) is 0.0698. The monoisotopic (exact) mass is 384 g/mol. The van der Waals surface area contributed by atoms with Gasteiger partial charge in [0.2, 0.25) is 0 Å². The molecule has 7 heteroatoms. The Morgan fingerprint density at radius 2 is 1.65 bits per heavy atom. The van der Waals surface area contributed by atoms with Gasteiger partial charge in [-0.2, -0.15) is 8.42 Å². The van der Waals surface area contributed by atoms with Gasteiger partial charge in [0.1, 0.15) is 10.6 Å². The van der Waals surface area contributed by atoms with E-state index < -0.39 is 10.1 Å². The normalized spacial score (nSPS) is 11.9. The largest absolute Gasteiger partial charge is 0.508 e. The van der Waals surface area contributed by atoms with Gasteiger partial charge in [0.05, 0.1) is 0 Å². The van der Waals surface area contributed by atoms with Crippen molar-refractivity contribution in [2.75, 3.05) is 0 Å². The van der Waals surface area contributed by atoms with Gasteiger partial charge in [-0.1, -0.05) is 18.2 Å². The van der Waals surface area contributed by atoms with Crippen molar-refractivity contribution >= 4 is 31.5 Å². The summed E-state index contributed by atoms with van der Waals surface area (Å²) in [5.41, 5.74) is 1.45. The summed E-state index contributed by atoms with van der Waals surface area (Å²) in [5, 5.41) is 10.5. The Morgan fingerprint density at radius 1 is 0.885 bits per heavy atom. The van der Waals surface area contributed by atoms with Gasteiger partial charge in [-0.25, -0.2) is 0 Å². The van der Waals surface area contributed by atoms with Gasteiger partial charge in [0.25, 0.3) is 10.1 Å². The summed E-state index contributed by atoms with van der Waals surface area (Å²) in [4.78, 5) is 12.2. The van der Waals surface area contributed by atoms with E-state index in [0.29, 0.717) is 26.3 Å². The molecular formula is C19H12O5S2. The minimum absolute atomic E-state index is 0.0698. The first-order valence-corrected chi connectivity index (χ1v) is 9.87. The highest BCUT2D eigenvalue weighted by Gasteiger charge is 2.22. The van der Waals surface area contributed by atoms with Gasteiger partial charge in [-0.15, -0.1) is 11.3 Å². The second-order valence-corrected chi connectivity index (χ2v) is 8.26. The van der Waals surface area contributed by atoms with E-state index in [2.05, 4.69) is 0 Å². The lowest BCUT2D eigenvalue weighted by atomic mass is 9.95. The van der Waals surface area contributed by atoms with E-state index in [1.807, 2.05) is 0 Å². The third-order valence-corrected chi connectivity index (χ3v) is 6.14. The van der Waals surface area contributed by atoms with Crippen molar-refractivity contribution in [1.82, 2.24) is 0 Å². The zero-order valence-corrected chi connectivity index (χ0v) is 14.8. The first-order valence-electron chi connectivity index (χ1n) is 7.61. The number of fused-ring (bicyclic) bond motifs is 2. The second-order valence-electron chi connectivity index (χ2n) is 5.79. The summed E-state index contributed by atoms with van der Waals surface area (Å²) >= 11 is 1.33. The standard InChI is InChI=1S/C19H12O5S2/c20-11-5-7-13-16(9-11)25-17-10-12(21)6-8-14(17)19(13)15-3-1-2-4-18(15)26(22,23)24/h1-10,20H,(H,22,23,24). The average Bonchev–Trinajstić information content (AvgIpc) is 2.58. The summed E-state index contributed by atoms with van der Waals surface area (Å²) < 4.78 is 34.1. The number of aromatic hydroxyl groups is 1. The quantitative estimate of drug-likeness (QED) is 0.403. The van der Waals surface area contributed by atoms with Gasteiger partial charge in [-0.3, -0.25) is 9.35 Å². The van der Waals surface area contributed by atoms with Crippen molar-refractivity contribution in [3.63, 3.8) is 0 Å². The molecule has 0 atom stereocenters. The van der Waals surface area contributed by atoms with Crippen LogP contribution in [0.15, 0.2) is 70.4 Å². The van der Waals surface area contributed by atoms with Crippen LogP contribution in [-0.4, -0.2) is 18.1 Å². The third kappa shape index (κ3) is 2.76. The highest BCUT2D eigenvalue weighted by molar-refractivity contribution is 7.86. The molecule has 0 spiro atoms. The van der Waals surface area contributed by atoms with Crippen molar-refractivity contribution in [2.45, 2.75) is 4.90 Å².